The molecule has 2 rings (SSSR count). The molecule has 1 atom stereocenters. The van der Waals surface area contributed by atoms with Gasteiger partial charge in [0.1, 0.15) is 6.61 Å². The molecular weight excluding hydrogens is 287 g/mol. The van der Waals surface area contributed by atoms with Crippen LogP contribution in [0.4, 0.5) is 4.39 Å². The van der Waals surface area contributed by atoms with Gasteiger partial charge in [0.05, 0.1) is 13.1 Å². The van der Waals surface area contributed by atoms with Gasteiger partial charge in [-0.2, -0.15) is 0 Å². The van der Waals surface area contributed by atoms with Crippen LogP contribution in [0.15, 0.2) is 24.3 Å². The normalized spacial score (nSPS) is 18.4. The minimum absolute atomic E-state index is 0.00993. The van der Waals surface area contributed by atoms with Crippen molar-refractivity contribution in [3.8, 4) is 5.75 Å². The Bertz CT molecular complexity index is 498. The molecular formula is C16H23FN2O3. The van der Waals surface area contributed by atoms with E-state index in [1.54, 1.807) is 30.1 Å². The Kier molecular flexibility index (Phi) is 6.15. The molecule has 122 valence electrons. The summed E-state index contributed by atoms with van der Waals surface area (Å²) >= 11 is 0. The Morgan fingerprint density at radius 3 is 2.95 bits per heavy atom. The molecule has 0 radical (unpaired) electrons. The summed E-state index contributed by atoms with van der Waals surface area (Å²) in [7, 11) is 1.71. The van der Waals surface area contributed by atoms with Crippen molar-refractivity contribution in [3.05, 3.63) is 30.1 Å². The number of halogens is 1. The Hall–Kier alpha value is -1.66. The predicted molar refractivity (Wildman–Crippen MR) is 81.2 cm³/mol. The largest absolute Gasteiger partial charge is 0.489 e. The summed E-state index contributed by atoms with van der Waals surface area (Å²) in [5.74, 6) is 0.0930. The van der Waals surface area contributed by atoms with E-state index in [1.807, 2.05) is 0 Å². The Morgan fingerprint density at radius 1 is 1.50 bits per heavy atom. The first kappa shape index (κ1) is 16.7. The van der Waals surface area contributed by atoms with Crippen molar-refractivity contribution in [2.24, 2.45) is 5.92 Å². The van der Waals surface area contributed by atoms with Gasteiger partial charge in [-0.1, -0.05) is 12.1 Å². The van der Waals surface area contributed by atoms with Crippen LogP contribution in [0.5, 0.6) is 5.75 Å². The van der Waals surface area contributed by atoms with Crippen LogP contribution in [0, 0.1) is 11.7 Å². The molecule has 1 aromatic carbocycles. The summed E-state index contributed by atoms with van der Waals surface area (Å²) in [5, 5.41) is 9.10. The molecule has 1 aliphatic rings. The first-order valence-electron chi connectivity index (χ1n) is 7.54. The number of ether oxygens (including phenoxy) is 1. The van der Waals surface area contributed by atoms with Gasteiger partial charge in [-0.05, 0) is 31.0 Å². The van der Waals surface area contributed by atoms with Crippen LogP contribution in [-0.2, 0) is 4.79 Å². The van der Waals surface area contributed by atoms with Gasteiger partial charge in [0.2, 0.25) is 5.91 Å². The molecule has 1 N–H and O–H groups in total. The van der Waals surface area contributed by atoms with E-state index in [-0.39, 0.29) is 30.8 Å². The second-order valence-electron chi connectivity index (χ2n) is 5.67. The van der Waals surface area contributed by atoms with Crippen LogP contribution < -0.4 is 4.74 Å². The molecule has 1 saturated heterocycles. The van der Waals surface area contributed by atoms with Crippen molar-refractivity contribution >= 4 is 5.91 Å². The highest BCUT2D eigenvalue weighted by molar-refractivity contribution is 5.78. The predicted octanol–water partition coefficient (Wildman–Crippen LogP) is 0.977. The van der Waals surface area contributed by atoms with E-state index in [0.717, 1.165) is 19.5 Å². The molecule has 22 heavy (non-hydrogen) atoms. The maximum Gasteiger partial charge on any atom is 0.236 e. The fourth-order valence-electron chi connectivity index (χ4n) is 2.50. The standard InChI is InChI=1S/C16H23FN2O3/c1-18(8-9-22-15-5-3-2-4-14(15)17)16(21)11-19-7-6-13(10-19)12-20/h2-5,13,20H,6-12H2,1H3. The lowest BCUT2D eigenvalue weighted by Crippen LogP contribution is -2.39. The molecule has 1 aromatic rings. The number of benzene rings is 1. The van der Waals surface area contributed by atoms with Crippen LogP contribution in [0.25, 0.3) is 0 Å². The fraction of sp³-hybridized carbons (Fsp3) is 0.562. The summed E-state index contributed by atoms with van der Waals surface area (Å²) in [5.41, 5.74) is 0. The summed E-state index contributed by atoms with van der Waals surface area (Å²) in [6.45, 7) is 2.80. The van der Waals surface area contributed by atoms with Crippen LogP contribution in [0.2, 0.25) is 0 Å². The van der Waals surface area contributed by atoms with Crippen molar-refractivity contribution in [3.63, 3.8) is 0 Å². The number of hydrogen-bond donors (Lipinski definition) is 1. The minimum atomic E-state index is -0.399. The van der Waals surface area contributed by atoms with E-state index in [9.17, 15) is 9.18 Å². The lowest BCUT2D eigenvalue weighted by atomic mass is 10.1. The van der Waals surface area contributed by atoms with E-state index in [0.29, 0.717) is 13.1 Å². The number of aliphatic hydroxyl groups excluding tert-OH is 1. The highest BCUT2D eigenvalue weighted by Crippen LogP contribution is 2.16. The summed E-state index contributed by atoms with van der Waals surface area (Å²) < 4.78 is 18.7. The molecule has 5 nitrogen and oxygen atoms in total. The second kappa shape index (κ2) is 8.10. The zero-order valence-electron chi connectivity index (χ0n) is 12.9. The average molecular weight is 310 g/mol. The first-order chi connectivity index (χ1) is 10.6. The molecule has 1 fully saturated rings. The molecule has 1 heterocycles. The maximum absolute atomic E-state index is 13.4. The number of nitrogens with zero attached hydrogens (tertiary/aromatic N) is 2. The number of carbonyl (C=O) groups excluding carboxylic acids is 1. The van der Waals surface area contributed by atoms with E-state index < -0.39 is 5.82 Å². The second-order valence-corrected chi connectivity index (χ2v) is 5.67. The number of aliphatic hydroxyl groups is 1. The maximum atomic E-state index is 13.4. The number of likely N-dealkylation sites (N-methyl/N-ethyl adjacent to an activating group) is 1. The number of amides is 1. The lowest BCUT2D eigenvalue weighted by molar-refractivity contribution is -0.131. The smallest absolute Gasteiger partial charge is 0.236 e. The lowest BCUT2D eigenvalue weighted by Gasteiger charge is -2.21. The van der Waals surface area contributed by atoms with Gasteiger partial charge in [0.15, 0.2) is 11.6 Å². The highest BCUT2D eigenvalue weighted by Gasteiger charge is 2.24. The first-order valence-corrected chi connectivity index (χ1v) is 7.54. The van der Waals surface area contributed by atoms with Gasteiger partial charge in [0.25, 0.3) is 0 Å². The van der Waals surface area contributed by atoms with Gasteiger partial charge in [-0.15, -0.1) is 0 Å². The number of hydrogen-bond acceptors (Lipinski definition) is 4. The van der Waals surface area contributed by atoms with Crippen LogP contribution >= 0.6 is 0 Å². The number of carbonyl (C=O) groups is 1. The third kappa shape index (κ3) is 4.68. The molecule has 0 aromatic heterocycles. The fourth-order valence-corrected chi connectivity index (χ4v) is 2.50. The van der Waals surface area contributed by atoms with Crippen LogP contribution in [-0.4, -0.2) is 67.3 Å². The highest BCUT2D eigenvalue weighted by atomic mass is 19.1. The summed E-state index contributed by atoms with van der Waals surface area (Å²) in [4.78, 5) is 15.7. The van der Waals surface area contributed by atoms with Crippen molar-refractivity contribution < 1.29 is 19.0 Å². The third-order valence-corrected chi connectivity index (χ3v) is 3.93. The van der Waals surface area contributed by atoms with E-state index in [2.05, 4.69) is 4.90 Å². The van der Waals surface area contributed by atoms with Gasteiger partial charge in [-0.25, -0.2) is 4.39 Å². The Balaban J connectivity index is 1.69. The number of para-hydroxylation sites is 1. The van der Waals surface area contributed by atoms with Gasteiger partial charge in [-0.3, -0.25) is 9.69 Å². The zero-order valence-corrected chi connectivity index (χ0v) is 12.9. The molecule has 0 saturated carbocycles. The number of rotatable bonds is 7. The third-order valence-electron chi connectivity index (χ3n) is 3.93. The van der Waals surface area contributed by atoms with Crippen molar-refractivity contribution in [2.45, 2.75) is 6.42 Å². The number of likely N-dealkylation sites (tertiary alicyclic amines) is 1. The van der Waals surface area contributed by atoms with E-state index >= 15 is 0 Å². The zero-order chi connectivity index (χ0) is 15.9. The molecule has 6 heteroatoms. The van der Waals surface area contributed by atoms with Crippen LogP contribution in [0.3, 0.4) is 0 Å². The molecule has 1 aliphatic heterocycles. The van der Waals surface area contributed by atoms with Gasteiger partial charge >= 0.3 is 0 Å². The van der Waals surface area contributed by atoms with E-state index in [1.165, 1.54) is 6.07 Å². The van der Waals surface area contributed by atoms with Gasteiger partial charge in [0, 0.05) is 20.2 Å². The molecule has 1 unspecified atom stereocenters. The van der Waals surface area contributed by atoms with Crippen molar-refractivity contribution in [1.29, 1.82) is 0 Å². The molecule has 0 spiro atoms. The van der Waals surface area contributed by atoms with Crippen molar-refractivity contribution in [2.75, 3.05) is 46.4 Å². The molecule has 0 aliphatic carbocycles. The van der Waals surface area contributed by atoms with Crippen molar-refractivity contribution in [1.82, 2.24) is 9.80 Å². The molecule has 1 amide bonds. The Labute approximate surface area is 130 Å². The summed E-state index contributed by atoms with van der Waals surface area (Å²) in [6.07, 6.45) is 0.934. The summed E-state index contributed by atoms with van der Waals surface area (Å²) in [6, 6.07) is 6.22. The SMILES string of the molecule is CN(CCOc1ccccc1F)C(=O)CN1CCC(CO)C1. The molecule has 0 bridgehead atoms. The van der Waals surface area contributed by atoms with Gasteiger partial charge < -0.3 is 14.7 Å². The minimum Gasteiger partial charge on any atom is -0.489 e. The average Bonchev–Trinajstić information content (AvgIpc) is 2.96. The monoisotopic (exact) mass is 310 g/mol. The quantitative estimate of drug-likeness (QED) is 0.816. The topological polar surface area (TPSA) is 53.0 Å². The van der Waals surface area contributed by atoms with E-state index in [4.69, 9.17) is 9.84 Å². The van der Waals surface area contributed by atoms with Crippen LogP contribution in [0.1, 0.15) is 6.42 Å². The Morgan fingerprint density at radius 2 is 2.27 bits per heavy atom.